The molecule has 0 amide bonds. The Labute approximate surface area is 108 Å². The number of carbonyl (C=O) groups is 1. The van der Waals surface area contributed by atoms with Crippen LogP contribution in [0.4, 0.5) is 0 Å². The number of aliphatic hydroxyl groups is 1. The largest absolute Gasteiger partial charge is 0.481 e. The summed E-state index contributed by atoms with van der Waals surface area (Å²) in [5.74, 6) is -0.752. The maximum Gasteiger partial charge on any atom is 0.303 e. The number of carboxylic acids is 1. The first kappa shape index (κ1) is 14.7. The second-order valence-electron chi connectivity index (χ2n) is 4.37. The highest BCUT2D eigenvalue weighted by molar-refractivity contribution is 5.66. The second-order valence-corrected chi connectivity index (χ2v) is 4.37. The molecule has 0 bridgehead atoms. The Morgan fingerprint density at radius 1 is 1.22 bits per heavy atom. The smallest absolute Gasteiger partial charge is 0.303 e. The molecule has 0 aliphatic carbocycles. The highest BCUT2D eigenvalue weighted by Crippen LogP contribution is 2.03. The average molecular weight is 251 g/mol. The minimum Gasteiger partial charge on any atom is -0.481 e. The third kappa shape index (κ3) is 6.37. The Morgan fingerprint density at radius 2 is 1.94 bits per heavy atom. The first-order valence-corrected chi connectivity index (χ1v) is 6.32. The third-order valence-corrected chi connectivity index (χ3v) is 2.80. The number of unbranched alkanes of at least 4 members (excludes halogenated alkanes) is 1. The van der Waals surface area contributed by atoms with Crippen molar-refractivity contribution < 1.29 is 15.0 Å². The Kier molecular flexibility index (Phi) is 7.06. The zero-order chi connectivity index (χ0) is 13.2. The maximum absolute atomic E-state index is 10.3. The lowest BCUT2D eigenvalue weighted by atomic mass is 10.1. The molecule has 18 heavy (non-hydrogen) atoms. The van der Waals surface area contributed by atoms with Crippen LogP contribution in [0.15, 0.2) is 30.3 Å². The Bertz CT molecular complexity index is 340. The molecular weight excluding hydrogens is 230 g/mol. The van der Waals surface area contributed by atoms with Gasteiger partial charge in [-0.2, -0.15) is 0 Å². The monoisotopic (exact) mass is 251 g/mol. The molecule has 0 saturated heterocycles. The van der Waals surface area contributed by atoms with E-state index >= 15 is 0 Å². The molecule has 0 spiro atoms. The van der Waals surface area contributed by atoms with E-state index < -0.39 is 5.97 Å². The van der Waals surface area contributed by atoms with E-state index in [-0.39, 0.29) is 19.1 Å². The summed E-state index contributed by atoms with van der Waals surface area (Å²) < 4.78 is 0. The first-order chi connectivity index (χ1) is 8.72. The maximum atomic E-state index is 10.3. The summed E-state index contributed by atoms with van der Waals surface area (Å²) in [5, 5.41) is 21.0. The number of aliphatic hydroxyl groups excluding tert-OH is 1. The number of rotatable bonds is 9. The van der Waals surface area contributed by atoms with Gasteiger partial charge in [0.1, 0.15) is 0 Å². The average Bonchev–Trinajstić information content (AvgIpc) is 2.38. The lowest BCUT2D eigenvalue weighted by Gasteiger charge is -2.16. The van der Waals surface area contributed by atoms with Crippen molar-refractivity contribution in [2.45, 2.75) is 31.7 Å². The van der Waals surface area contributed by atoms with Gasteiger partial charge < -0.3 is 15.5 Å². The van der Waals surface area contributed by atoms with Crippen molar-refractivity contribution in [1.29, 1.82) is 0 Å². The highest BCUT2D eigenvalue weighted by Gasteiger charge is 2.07. The number of benzene rings is 1. The van der Waals surface area contributed by atoms with E-state index in [0.29, 0.717) is 6.42 Å². The van der Waals surface area contributed by atoms with E-state index in [0.717, 1.165) is 19.4 Å². The van der Waals surface area contributed by atoms with Crippen molar-refractivity contribution in [3.8, 4) is 0 Å². The van der Waals surface area contributed by atoms with Crippen LogP contribution in [0, 0.1) is 0 Å². The van der Waals surface area contributed by atoms with Gasteiger partial charge in [0, 0.05) is 12.5 Å². The van der Waals surface area contributed by atoms with E-state index in [1.165, 1.54) is 5.56 Å². The summed E-state index contributed by atoms with van der Waals surface area (Å²) in [6.07, 6.45) is 2.49. The summed E-state index contributed by atoms with van der Waals surface area (Å²) in [7, 11) is 0. The zero-order valence-corrected chi connectivity index (χ0v) is 10.5. The van der Waals surface area contributed by atoms with Gasteiger partial charge in [-0.05, 0) is 31.4 Å². The SMILES string of the molecule is O=C(O)CCCCNC(CO)Cc1ccccc1. The van der Waals surface area contributed by atoms with Crippen LogP contribution < -0.4 is 5.32 Å². The molecule has 1 unspecified atom stereocenters. The van der Waals surface area contributed by atoms with E-state index in [4.69, 9.17) is 5.11 Å². The molecule has 0 aromatic heterocycles. The van der Waals surface area contributed by atoms with Crippen molar-refractivity contribution >= 4 is 5.97 Å². The number of carboxylic acid groups (broad SMARTS) is 1. The fourth-order valence-electron chi connectivity index (χ4n) is 1.81. The number of hydrogen-bond acceptors (Lipinski definition) is 3. The van der Waals surface area contributed by atoms with Crippen molar-refractivity contribution in [2.24, 2.45) is 0 Å². The minimum absolute atomic E-state index is 0.0391. The van der Waals surface area contributed by atoms with Crippen LogP contribution in [0.5, 0.6) is 0 Å². The highest BCUT2D eigenvalue weighted by atomic mass is 16.4. The van der Waals surface area contributed by atoms with Crippen molar-refractivity contribution in [2.75, 3.05) is 13.2 Å². The van der Waals surface area contributed by atoms with E-state index in [9.17, 15) is 9.90 Å². The molecule has 0 heterocycles. The van der Waals surface area contributed by atoms with Gasteiger partial charge in [-0.3, -0.25) is 4.79 Å². The summed E-state index contributed by atoms with van der Waals surface area (Å²) in [5.41, 5.74) is 1.19. The topological polar surface area (TPSA) is 69.6 Å². The molecule has 0 aliphatic rings. The van der Waals surface area contributed by atoms with Gasteiger partial charge in [0.05, 0.1) is 6.61 Å². The van der Waals surface area contributed by atoms with Crippen LogP contribution in [0.1, 0.15) is 24.8 Å². The van der Waals surface area contributed by atoms with Crippen LogP contribution >= 0.6 is 0 Å². The van der Waals surface area contributed by atoms with E-state index in [2.05, 4.69) is 5.32 Å². The van der Waals surface area contributed by atoms with Gasteiger partial charge >= 0.3 is 5.97 Å². The fraction of sp³-hybridized carbons (Fsp3) is 0.500. The van der Waals surface area contributed by atoms with Crippen LogP contribution in [0.25, 0.3) is 0 Å². The van der Waals surface area contributed by atoms with E-state index in [1.807, 2.05) is 30.3 Å². The number of nitrogens with one attached hydrogen (secondary N) is 1. The molecule has 1 aromatic rings. The standard InChI is InChI=1S/C14H21NO3/c16-11-13(10-12-6-2-1-3-7-12)15-9-5-4-8-14(17)18/h1-3,6-7,13,15-16H,4-5,8-11H2,(H,17,18). The van der Waals surface area contributed by atoms with Crippen LogP contribution in [-0.2, 0) is 11.2 Å². The molecule has 4 nitrogen and oxygen atoms in total. The first-order valence-electron chi connectivity index (χ1n) is 6.32. The quantitative estimate of drug-likeness (QED) is 0.581. The molecule has 0 fully saturated rings. The van der Waals surface area contributed by atoms with Crippen LogP contribution in [-0.4, -0.2) is 35.4 Å². The molecule has 1 aromatic carbocycles. The number of aliphatic carboxylic acids is 1. The Hall–Kier alpha value is -1.39. The summed E-state index contributed by atoms with van der Waals surface area (Å²) in [4.78, 5) is 10.3. The fourth-order valence-corrected chi connectivity index (χ4v) is 1.81. The van der Waals surface area contributed by atoms with E-state index in [1.54, 1.807) is 0 Å². The summed E-state index contributed by atoms with van der Waals surface area (Å²) in [6, 6.07) is 10.0. The van der Waals surface area contributed by atoms with Crippen molar-refractivity contribution in [1.82, 2.24) is 5.32 Å². The van der Waals surface area contributed by atoms with Gasteiger partial charge in [0.2, 0.25) is 0 Å². The lowest BCUT2D eigenvalue weighted by molar-refractivity contribution is -0.137. The molecule has 3 N–H and O–H groups in total. The molecule has 100 valence electrons. The predicted molar refractivity (Wildman–Crippen MR) is 70.5 cm³/mol. The number of hydrogen-bond donors (Lipinski definition) is 3. The van der Waals surface area contributed by atoms with Gasteiger partial charge in [-0.1, -0.05) is 30.3 Å². The zero-order valence-electron chi connectivity index (χ0n) is 10.5. The third-order valence-electron chi connectivity index (χ3n) is 2.80. The van der Waals surface area contributed by atoms with Gasteiger partial charge in [-0.15, -0.1) is 0 Å². The summed E-state index contributed by atoms with van der Waals surface area (Å²) in [6.45, 7) is 0.833. The molecule has 0 aliphatic heterocycles. The second kappa shape index (κ2) is 8.66. The molecule has 0 radical (unpaired) electrons. The van der Waals surface area contributed by atoms with Crippen molar-refractivity contribution in [3.05, 3.63) is 35.9 Å². The molecular formula is C14H21NO3. The molecule has 1 rings (SSSR count). The summed E-state index contributed by atoms with van der Waals surface area (Å²) >= 11 is 0. The Morgan fingerprint density at radius 3 is 2.56 bits per heavy atom. The predicted octanol–water partition coefficient (Wildman–Crippen LogP) is 1.43. The van der Waals surface area contributed by atoms with Gasteiger partial charge in [-0.25, -0.2) is 0 Å². The van der Waals surface area contributed by atoms with Crippen LogP contribution in [0.3, 0.4) is 0 Å². The Balaban J connectivity index is 2.20. The van der Waals surface area contributed by atoms with Gasteiger partial charge in [0.15, 0.2) is 0 Å². The van der Waals surface area contributed by atoms with Crippen molar-refractivity contribution in [3.63, 3.8) is 0 Å². The van der Waals surface area contributed by atoms with Gasteiger partial charge in [0.25, 0.3) is 0 Å². The normalized spacial score (nSPS) is 12.3. The minimum atomic E-state index is -0.752. The molecule has 0 saturated carbocycles. The van der Waals surface area contributed by atoms with Crippen LogP contribution in [0.2, 0.25) is 0 Å². The molecule has 1 atom stereocenters. The molecule has 4 heteroatoms. The lowest BCUT2D eigenvalue weighted by Crippen LogP contribution is -2.35.